The maximum atomic E-state index is 11.4. The summed E-state index contributed by atoms with van der Waals surface area (Å²) >= 11 is 0. The molecule has 162 valence electrons. The minimum absolute atomic E-state index is 0.0175. The average Bonchev–Trinajstić information content (AvgIpc) is 2.71. The number of benzene rings is 2. The van der Waals surface area contributed by atoms with Gasteiger partial charge in [0.05, 0.1) is 17.1 Å². The van der Waals surface area contributed by atoms with Crippen LogP contribution in [0, 0.1) is 5.92 Å². The van der Waals surface area contributed by atoms with Crippen LogP contribution in [0.3, 0.4) is 0 Å². The first kappa shape index (κ1) is 21.8. The molecule has 0 aromatic heterocycles. The van der Waals surface area contributed by atoms with Crippen LogP contribution in [0.5, 0.6) is 11.5 Å². The van der Waals surface area contributed by atoms with Crippen molar-refractivity contribution in [1.82, 2.24) is 5.43 Å². The van der Waals surface area contributed by atoms with E-state index in [1.54, 1.807) is 0 Å². The summed E-state index contributed by atoms with van der Waals surface area (Å²) in [6.45, 7) is 1.95. The lowest BCUT2D eigenvalue weighted by molar-refractivity contribution is -0.137. The number of phenols is 2. The van der Waals surface area contributed by atoms with Crippen molar-refractivity contribution < 1.29 is 24.9 Å². The largest absolute Gasteiger partial charge is 0.508 e. The SMILES string of the molecule is CC1CC(=O)NN=C1c1ccc(N/N=C(\CCCC(=O)O)c2ccc(O)cc2O)cc1. The van der Waals surface area contributed by atoms with E-state index in [-0.39, 0.29) is 29.7 Å². The van der Waals surface area contributed by atoms with E-state index in [4.69, 9.17) is 5.11 Å². The number of carboxylic acid groups (broad SMARTS) is 1. The fraction of sp³-hybridized carbons (Fsp3) is 0.273. The van der Waals surface area contributed by atoms with Crippen LogP contribution in [0.2, 0.25) is 0 Å². The zero-order valence-corrected chi connectivity index (χ0v) is 17.0. The average molecular weight is 424 g/mol. The van der Waals surface area contributed by atoms with Gasteiger partial charge in [0.1, 0.15) is 11.5 Å². The van der Waals surface area contributed by atoms with Crippen molar-refractivity contribution in [3.63, 3.8) is 0 Å². The molecular weight excluding hydrogens is 400 g/mol. The van der Waals surface area contributed by atoms with Crippen molar-refractivity contribution >= 4 is 29.0 Å². The Hall–Kier alpha value is -3.88. The van der Waals surface area contributed by atoms with Gasteiger partial charge in [0.25, 0.3) is 0 Å². The molecule has 2 aromatic rings. The summed E-state index contributed by atoms with van der Waals surface area (Å²) in [6.07, 6.45) is 1.03. The van der Waals surface area contributed by atoms with Crippen LogP contribution in [-0.4, -0.2) is 38.6 Å². The minimum atomic E-state index is -0.908. The van der Waals surface area contributed by atoms with Gasteiger partial charge in [0, 0.05) is 30.4 Å². The highest BCUT2D eigenvalue weighted by Crippen LogP contribution is 2.25. The third-order valence-electron chi connectivity index (χ3n) is 4.86. The minimum Gasteiger partial charge on any atom is -0.508 e. The van der Waals surface area contributed by atoms with Gasteiger partial charge in [0.15, 0.2) is 0 Å². The van der Waals surface area contributed by atoms with Crippen molar-refractivity contribution in [2.24, 2.45) is 16.1 Å². The van der Waals surface area contributed by atoms with Gasteiger partial charge in [-0.3, -0.25) is 15.0 Å². The number of aromatic hydroxyl groups is 2. The van der Waals surface area contributed by atoms with Crippen LogP contribution in [0.25, 0.3) is 0 Å². The lowest BCUT2D eigenvalue weighted by Crippen LogP contribution is -2.31. The molecule has 1 amide bonds. The Morgan fingerprint density at radius 1 is 1.19 bits per heavy atom. The number of carboxylic acids is 1. The Morgan fingerprint density at radius 3 is 2.58 bits per heavy atom. The van der Waals surface area contributed by atoms with E-state index in [1.807, 2.05) is 31.2 Å². The van der Waals surface area contributed by atoms with E-state index >= 15 is 0 Å². The Bertz CT molecular complexity index is 1030. The number of rotatable bonds is 8. The fourth-order valence-corrected chi connectivity index (χ4v) is 3.27. The van der Waals surface area contributed by atoms with Gasteiger partial charge in [-0.1, -0.05) is 19.1 Å². The second-order valence-corrected chi connectivity index (χ2v) is 7.33. The molecule has 1 unspecified atom stereocenters. The van der Waals surface area contributed by atoms with Crippen LogP contribution in [0.15, 0.2) is 52.7 Å². The molecule has 0 saturated carbocycles. The molecule has 0 radical (unpaired) electrons. The van der Waals surface area contributed by atoms with Crippen LogP contribution in [-0.2, 0) is 9.59 Å². The van der Waals surface area contributed by atoms with Crippen LogP contribution < -0.4 is 10.9 Å². The summed E-state index contributed by atoms with van der Waals surface area (Å²) in [5.74, 6) is -1.21. The molecule has 1 aliphatic rings. The molecule has 5 N–H and O–H groups in total. The molecular formula is C22H24N4O5. The summed E-state index contributed by atoms with van der Waals surface area (Å²) in [7, 11) is 0. The zero-order chi connectivity index (χ0) is 22.4. The smallest absolute Gasteiger partial charge is 0.303 e. The molecule has 0 saturated heterocycles. The van der Waals surface area contributed by atoms with E-state index in [0.717, 1.165) is 11.3 Å². The highest BCUT2D eigenvalue weighted by Gasteiger charge is 2.21. The van der Waals surface area contributed by atoms with E-state index in [1.165, 1.54) is 18.2 Å². The van der Waals surface area contributed by atoms with Crippen molar-refractivity contribution in [3.8, 4) is 11.5 Å². The molecule has 9 nitrogen and oxygen atoms in total. The van der Waals surface area contributed by atoms with Gasteiger partial charge in [-0.2, -0.15) is 10.2 Å². The highest BCUT2D eigenvalue weighted by molar-refractivity contribution is 6.06. The molecule has 1 atom stereocenters. The van der Waals surface area contributed by atoms with Crippen molar-refractivity contribution in [2.75, 3.05) is 5.43 Å². The zero-order valence-electron chi connectivity index (χ0n) is 17.0. The lowest BCUT2D eigenvalue weighted by Gasteiger charge is -2.19. The lowest BCUT2D eigenvalue weighted by atomic mass is 9.94. The third kappa shape index (κ3) is 5.81. The number of nitrogens with zero attached hydrogens (tertiary/aromatic N) is 2. The Balaban J connectivity index is 1.77. The monoisotopic (exact) mass is 424 g/mol. The summed E-state index contributed by atoms with van der Waals surface area (Å²) < 4.78 is 0. The van der Waals surface area contributed by atoms with Crippen LogP contribution in [0.1, 0.15) is 43.7 Å². The Kier molecular flexibility index (Phi) is 6.86. The maximum Gasteiger partial charge on any atom is 0.303 e. The number of hydrazone groups is 2. The van der Waals surface area contributed by atoms with Crippen LogP contribution in [0.4, 0.5) is 5.69 Å². The first-order chi connectivity index (χ1) is 14.8. The van der Waals surface area contributed by atoms with Crippen LogP contribution >= 0.6 is 0 Å². The Morgan fingerprint density at radius 2 is 1.94 bits per heavy atom. The summed E-state index contributed by atoms with van der Waals surface area (Å²) in [6, 6.07) is 11.5. The molecule has 0 bridgehead atoms. The van der Waals surface area contributed by atoms with E-state index in [2.05, 4.69) is 21.1 Å². The topological polar surface area (TPSA) is 144 Å². The molecule has 2 aromatic carbocycles. The highest BCUT2D eigenvalue weighted by atomic mass is 16.4. The van der Waals surface area contributed by atoms with E-state index in [9.17, 15) is 19.8 Å². The number of anilines is 1. The number of carbonyl (C=O) groups excluding carboxylic acids is 1. The second-order valence-electron chi connectivity index (χ2n) is 7.33. The molecule has 31 heavy (non-hydrogen) atoms. The first-order valence-corrected chi connectivity index (χ1v) is 9.87. The number of hydrogen-bond acceptors (Lipinski definition) is 7. The molecule has 9 heteroatoms. The van der Waals surface area contributed by atoms with E-state index < -0.39 is 5.97 Å². The van der Waals surface area contributed by atoms with Gasteiger partial charge >= 0.3 is 5.97 Å². The molecule has 3 rings (SSSR count). The standard InChI is InChI=1S/C22H24N4O5/c1-13-11-20(29)25-26-22(13)14-5-7-15(8-6-14)23-24-18(3-2-4-21(30)31)17-10-9-16(27)12-19(17)28/h5-10,12-13,23,27-28H,2-4,11H2,1H3,(H,25,29)(H,30,31)/b24-18+. The summed E-state index contributed by atoms with van der Waals surface area (Å²) in [5, 5.41) is 37.1. The number of nitrogens with one attached hydrogen (secondary N) is 2. The summed E-state index contributed by atoms with van der Waals surface area (Å²) in [5.41, 5.74) is 8.69. The van der Waals surface area contributed by atoms with Gasteiger partial charge in [0.2, 0.25) is 5.91 Å². The normalized spacial score (nSPS) is 16.4. The van der Waals surface area contributed by atoms with Gasteiger partial charge in [-0.05, 0) is 42.7 Å². The number of carbonyl (C=O) groups is 2. The van der Waals surface area contributed by atoms with Crippen molar-refractivity contribution in [3.05, 3.63) is 53.6 Å². The molecule has 1 aliphatic heterocycles. The summed E-state index contributed by atoms with van der Waals surface area (Å²) in [4.78, 5) is 22.3. The molecule has 0 spiro atoms. The molecule has 0 fully saturated rings. The van der Waals surface area contributed by atoms with Gasteiger partial charge in [-0.25, -0.2) is 5.43 Å². The Labute approximate surface area is 179 Å². The van der Waals surface area contributed by atoms with Crippen molar-refractivity contribution in [2.45, 2.75) is 32.6 Å². The number of phenolic OH excluding ortho intramolecular Hbond substituents is 2. The predicted octanol–water partition coefficient (Wildman–Crippen LogP) is 3.03. The third-order valence-corrected chi connectivity index (χ3v) is 4.86. The number of hydrogen-bond donors (Lipinski definition) is 5. The van der Waals surface area contributed by atoms with Crippen molar-refractivity contribution in [1.29, 1.82) is 0 Å². The predicted molar refractivity (Wildman–Crippen MR) is 116 cm³/mol. The molecule has 0 aliphatic carbocycles. The molecule has 1 heterocycles. The number of amides is 1. The second kappa shape index (κ2) is 9.75. The quantitative estimate of drug-likeness (QED) is 0.325. The number of aliphatic carboxylic acids is 1. The first-order valence-electron chi connectivity index (χ1n) is 9.87. The van der Waals surface area contributed by atoms with E-state index in [0.29, 0.717) is 36.2 Å². The maximum absolute atomic E-state index is 11.4. The fourth-order valence-electron chi connectivity index (χ4n) is 3.27. The van der Waals surface area contributed by atoms with Gasteiger partial charge in [-0.15, -0.1) is 0 Å². The van der Waals surface area contributed by atoms with Gasteiger partial charge < -0.3 is 15.3 Å².